The number of amides is 1. The Bertz CT molecular complexity index is 649. The van der Waals surface area contributed by atoms with Gasteiger partial charge in [-0.05, 0) is 36.4 Å². The van der Waals surface area contributed by atoms with E-state index in [2.05, 4.69) is 21.2 Å². The van der Waals surface area contributed by atoms with Gasteiger partial charge >= 0.3 is 0 Å². The molecule has 0 aliphatic rings. The number of nitrogens with one attached hydrogen (secondary N) is 1. The van der Waals surface area contributed by atoms with Crippen molar-refractivity contribution >= 4 is 39.1 Å². The molecule has 2 rings (SSSR count). The van der Waals surface area contributed by atoms with Crippen LogP contribution < -0.4 is 5.32 Å². The van der Waals surface area contributed by atoms with E-state index in [9.17, 15) is 14.3 Å². The molecular formula is C13H8BrClFNO2. The topological polar surface area (TPSA) is 49.3 Å². The van der Waals surface area contributed by atoms with Crippen molar-refractivity contribution in [2.75, 3.05) is 5.32 Å². The Hall–Kier alpha value is -1.59. The van der Waals surface area contributed by atoms with E-state index >= 15 is 0 Å². The third kappa shape index (κ3) is 3.24. The molecule has 1 amide bonds. The number of hydrogen-bond donors (Lipinski definition) is 2. The fraction of sp³-hybridized carbons (Fsp3) is 0. The minimum Gasteiger partial charge on any atom is -0.507 e. The van der Waals surface area contributed by atoms with Crippen LogP contribution in [0.2, 0.25) is 5.02 Å². The SMILES string of the molecule is O=C(Nc1ccc(F)c(Cl)c1)c1ccc(Br)cc1O. The van der Waals surface area contributed by atoms with Crippen LogP contribution in [-0.4, -0.2) is 11.0 Å². The van der Waals surface area contributed by atoms with Gasteiger partial charge in [-0.15, -0.1) is 0 Å². The van der Waals surface area contributed by atoms with Gasteiger partial charge in [0.1, 0.15) is 11.6 Å². The number of halogens is 3. The van der Waals surface area contributed by atoms with Crippen LogP contribution in [-0.2, 0) is 0 Å². The lowest BCUT2D eigenvalue weighted by Crippen LogP contribution is -2.12. The van der Waals surface area contributed by atoms with Crippen molar-refractivity contribution in [3.05, 3.63) is 57.3 Å². The van der Waals surface area contributed by atoms with Crippen molar-refractivity contribution in [2.45, 2.75) is 0 Å². The van der Waals surface area contributed by atoms with Gasteiger partial charge in [0.05, 0.1) is 10.6 Å². The average Bonchev–Trinajstić information content (AvgIpc) is 2.33. The van der Waals surface area contributed by atoms with Gasteiger partial charge in [0.25, 0.3) is 5.91 Å². The minimum atomic E-state index is -0.564. The van der Waals surface area contributed by atoms with Gasteiger partial charge in [-0.1, -0.05) is 27.5 Å². The maximum atomic E-state index is 13.0. The summed E-state index contributed by atoms with van der Waals surface area (Å²) in [7, 11) is 0. The molecule has 0 aliphatic heterocycles. The van der Waals surface area contributed by atoms with Crippen molar-refractivity contribution in [1.29, 1.82) is 0 Å². The monoisotopic (exact) mass is 343 g/mol. The number of anilines is 1. The van der Waals surface area contributed by atoms with Gasteiger partial charge in [0, 0.05) is 10.2 Å². The highest BCUT2D eigenvalue weighted by atomic mass is 79.9. The van der Waals surface area contributed by atoms with Crippen LogP contribution in [0.15, 0.2) is 40.9 Å². The van der Waals surface area contributed by atoms with Gasteiger partial charge < -0.3 is 10.4 Å². The molecule has 2 aromatic carbocycles. The lowest BCUT2D eigenvalue weighted by molar-refractivity contribution is 0.102. The first-order chi connectivity index (χ1) is 8.97. The smallest absolute Gasteiger partial charge is 0.259 e. The summed E-state index contributed by atoms with van der Waals surface area (Å²) in [6.45, 7) is 0. The Balaban J connectivity index is 2.23. The second-order valence-electron chi connectivity index (χ2n) is 3.74. The van der Waals surface area contributed by atoms with Crippen LogP contribution in [0.1, 0.15) is 10.4 Å². The Morgan fingerprint density at radius 3 is 2.63 bits per heavy atom. The molecule has 0 atom stereocenters. The summed E-state index contributed by atoms with van der Waals surface area (Å²) in [6.07, 6.45) is 0. The number of phenolic OH excluding ortho intramolecular Hbond substituents is 1. The molecule has 0 bridgehead atoms. The molecule has 0 spiro atoms. The number of carbonyl (C=O) groups excluding carboxylic acids is 1. The fourth-order valence-electron chi connectivity index (χ4n) is 1.47. The summed E-state index contributed by atoms with van der Waals surface area (Å²) in [5.41, 5.74) is 0.461. The summed E-state index contributed by atoms with van der Waals surface area (Å²) in [5.74, 6) is -1.22. The summed E-state index contributed by atoms with van der Waals surface area (Å²) in [6, 6.07) is 8.35. The van der Waals surface area contributed by atoms with Gasteiger partial charge in [0.15, 0.2) is 0 Å². The lowest BCUT2D eigenvalue weighted by Gasteiger charge is -2.07. The van der Waals surface area contributed by atoms with Crippen LogP contribution in [0.5, 0.6) is 5.75 Å². The molecule has 0 saturated heterocycles. The summed E-state index contributed by atoms with van der Waals surface area (Å²) >= 11 is 8.79. The summed E-state index contributed by atoms with van der Waals surface area (Å²) in [5, 5.41) is 12.1. The Labute approximate surface area is 122 Å². The molecule has 6 heteroatoms. The van der Waals surface area contributed by atoms with E-state index in [1.807, 2.05) is 0 Å². The molecule has 0 aromatic heterocycles. The molecule has 0 saturated carbocycles. The van der Waals surface area contributed by atoms with E-state index in [-0.39, 0.29) is 16.3 Å². The maximum Gasteiger partial charge on any atom is 0.259 e. The Kier molecular flexibility index (Phi) is 4.07. The van der Waals surface area contributed by atoms with Crippen LogP contribution in [0.4, 0.5) is 10.1 Å². The van der Waals surface area contributed by atoms with Crippen molar-refractivity contribution in [3.63, 3.8) is 0 Å². The Morgan fingerprint density at radius 1 is 1.26 bits per heavy atom. The fourth-order valence-corrected chi connectivity index (χ4v) is 2.00. The van der Waals surface area contributed by atoms with Crippen molar-refractivity contribution in [3.8, 4) is 5.75 Å². The number of rotatable bonds is 2. The third-order valence-electron chi connectivity index (χ3n) is 2.38. The first kappa shape index (κ1) is 13.8. The molecular weight excluding hydrogens is 337 g/mol. The first-order valence-electron chi connectivity index (χ1n) is 5.22. The molecule has 0 radical (unpaired) electrons. The highest BCUT2D eigenvalue weighted by molar-refractivity contribution is 9.10. The molecule has 98 valence electrons. The molecule has 0 aliphatic carbocycles. The molecule has 0 unspecified atom stereocenters. The number of hydrogen-bond acceptors (Lipinski definition) is 2. The van der Waals surface area contributed by atoms with E-state index < -0.39 is 11.7 Å². The van der Waals surface area contributed by atoms with Crippen molar-refractivity contribution in [2.24, 2.45) is 0 Å². The molecule has 19 heavy (non-hydrogen) atoms. The maximum absolute atomic E-state index is 13.0. The minimum absolute atomic E-state index is 0.0853. The second kappa shape index (κ2) is 5.59. The highest BCUT2D eigenvalue weighted by Crippen LogP contribution is 2.24. The molecule has 3 nitrogen and oxygen atoms in total. The van der Waals surface area contributed by atoms with Gasteiger partial charge in [-0.2, -0.15) is 0 Å². The van der Waals surface area contributed by atoms with E-state index in [1.165, 1.54) is 24.3 Å². The van der Waals surface area contributed by atoms with Crippen LogP contribution in [0.3, 0.4) is 0 Å². The van der Waals surface area contributed by atoms with Gasteiger partial charge in [-0.3, -0.25) is 4.79 Å². The van der Waals surface area contributed by atoms with E-state index in [1.54, 1.807) is 6.07 Å². The van der Waals surface area contributed by atoms with E-state index in [0.29, 0.717) is 10.2 Å². The lowest BCUT2D eigenvalue weighted by atomic mass is 10.2. The molecule has 0 heterocycles. The van der Waals surface area contributed by atoms with Gasteiger partial charge in [-0.25, -0.2) is 4.39 Å². The van der Waals surface area contributed by atoms with Crippen LogP contribution in [0, 0.1) is 5.82 Å². The number of aromatic hydroxyl groups is 1. The van der Waals surface area contributed by atoms with Crippen molar-refractivity contribution in [1.82, 2.24) is 0 Å². The summed E-state index contributed by atoms with van der Waals surface area (Å²) < 4.78 is 13.6. The normalized spacial score (nSPS) is 10.3. The predicted octanol–water partition coefficient (Wildman–Crippen LogP) is 4.20. The zero-order valence-corrected chi connectivity index (χ0v) is 11.8. The first-order valence-corrected chi connectivity index (χ1v) is 6.39. The largest absolute Gasteiger partial charge is 0.507 e. The predicted molar refractivity (Wildman–Crippen MR) is 75.2 cm³/mol. The highest BCUT2D eigenvalue weighted by Gasteiger charge is 2.12. The zero-order chi connectivity index (χ0) is 14.0. The molecule has 2 aromatic rings. The van der Waals surface area contributed by atoms with Gasteiger partial charge in [0.2, 0.25) is 0 Å². The van der Waals surface area contributed by atoms with Crippen molar-refractivity contribution < 1.29 is 14.3 Å². The van der Waals surface area contributed by atoms with Crippen LogP contribution >= 0.6 is 27.5 Å². The standard InChI is InChI=1S/C13H8BrClFNO2/c14-7-1-3-9(12(18)5-7)13(19)17-8-2-4-11(16)10(15)6-8/h1-6,18H,(H,17,19). The number of carbonyl (C=O) groups is 1. The third-order valence-corrected chi connectivity index (χ3v) is 3.16. The number of benzene rings is 2. The van der Waals surface area contributed by atoms with Crippen LogP contribution in [0.25, 0.3) is 0 Å². The van der Waals surface area contributed by atoms with E-state index in [0.717, 1.165) is 6.07 Å². The summed E-state index contributed by atoms with van der Waals surface area (Å²) in [4.78, 5) is 11.9. The molecule has 0 fully saturated rings. The Morgan fingerprint density at radius 2 is 2.00 bits per heavy atom. The van der Waals surface area contributed by atoms with E-state index in [4.69, 9.17) is 11.6 Å². The number of phenols is 1. The second-order valence-corrected chi connectivity index (χ2v) is 5.07. The average molecular weight is 345 g/mol. The molecule has 2 N–H and O–H groups in total. The quantitative estimate of drug-likeness (QED) is 0.858. The zero-order valence-electron chi connectivity index (χ0n) is 9.45.